The highest BCUT2D eigenvalue weighted by Crippen LogP contribution is 2.00. The Morgan fingerprint density at radius 3 is 1.75 bits per heavy atom. The van der Waals surface area contributed by atoms with Gasteiger partial charge in [-0.1, -0.05) is 12.1 Å². The zero-order valence-corrected chi connectivity index (χ0v) is 9.93. The molecule has 4 N–H and O–H groups in total. The number of aliphatic carboxylic acids is 1. The standard InChI is InChI=1S/C6H7BO2S.C2H4O2.CH4O/c8-7(9)5-1-3-6(10)4-2-5;1-2(3)4;1-2/h1-4,8-10H;1H3,(H,3,4);2H,1H3. The Kier molecular flexibility index (Phi) is 11.4. The van der Waals surface area contributed by atoms with E-state index in [4.69, 9.17) is 25.1 Å². The summed E-state index contributed by atoms with van der Waals surface area (Å²) in [4.78, 5) is 9.81. The Hall–Kier alpha value is -1.02. The number of aliphatic hydroxyl groups is 1. The second-order valence-corrected chi connectivity index (χ2v) is 3.00. The number of thiol groups is 1. The third-order valence-electron chi connectivity index (χ3n) is 1.19. The second-order valence-electron chi connectivity index (χ2n) is 2.48. The maximum Gasteiger partial charge on any atom is 0.488 e. The third kappa shape index (κ3) is 11.1. The molecular formula is C9H15BO5S. The highest BCUT2D eigenvalue weighted by Gasteiger charge is 2.08. The summed E-state index contributed by atoms with van der Waals surface area (Å²) >= 11 is 4.04. The second kappa shape index (κ2) is 10.5. The molecule has 16 heavy (non-hydrogen) atoms. The maximum absolute atomic E-state index is 9.00. The lowest BCUT2D eigenvalue weighted by molar-refractivity contribution is -0.134. The molecule has 7 heteroatoms. The van der Waals surface area contributed by atoms with Gasteiger partial charge in [0.2, 0.25) is 0 Å². The van der Waals surface area contributed by atoms with Crippen LogP contribution in [0.1, 0.15) is 6.92 Å². The van der Waals surface area contributed by atoms with Gasteiger partial charge in [-0.2, -0.15) is 0 Å². The average molecular weight is 246 g/mol. The normalized spacial score (nSPS) is 7.88. The van der Waals surface area contributed by atoms with Crippen LogP contribution in [-0.2, 0) is 4.79 Å². The predicted molar refractivity (Wildman–Crippen MR) is 65.0 cm³/mol. The van der Waals surface area contributed by atoms with Crippen LogP contribution in [0.2, 0.25) is 0 Å². The molecule has 0 amide bonds. The van der Waals surface area contributed by atoms with E-state index >= 15 is 0 Å². The lowest BCUT2D eigenvalue weighted by Crippen LogP contribution is -2.29. The molecule has 0 aromatic heterocycles. The van der Waals surface area contributed by atoms with Crippen LogP contribution >= 0.6 is 12.6 Å². The first-order valence-electron chi connectivity index (χ1n) is 4.22. The van der Waals surface area contributed by atoms with Gasteiger partial charge in [0.25, 0.3) is 5.97 Å². The van der Waals surface area contributed by atoms with Crippen molar-refractivity contribution >= 4 is 31.2 Å². The van der Waals surface area contributed by atoms with Crippen molar-refractivity contribution in [3.8, 4) is 0 Å². The number of carboxylic acid groups (broad SMARTS) is 1. The summed E-state index contributed by atoms with van der Waals surface area (Å²) in [6.45, 7) is 1.08. The summed E-state index contributed by atoms with van der Waals surface area (Å²) in [7, 11) is -0.381. The van der Waals surface area contributed by atoms with Gasteiger partial charge in [0.1, 0.15) is 0 Å². The van der Waals surface area contributed by atoms with Gasteiger partial charge < -0.3 is 20.3 Å². The number of rotatable bonds is 1. The molecule has 0 spiro atoms. The van der Waals surface area contributed by atoms with Gasteiger partial charge in [-0.15, -0.1) is 12.6 Å². The predicted octanol–water partition coefficient (Wildman–Crippen LogP) is -0.646. The fourth-order valence-electron chi connectivity index (χ4n) is 0.646. The zero-order valence-electron chi connectivity index (χ0n) is 9.03. The quantitative estimate of drug-likeness (QED) is 0.335. The van der Waals surface area contributed by atoms with Crippen LogP contribution in [0.4, 0.5) is 0 Å². The largest absolute Gasteiger partial charge is 0.488 e. The Morgan fingerprint density at radius 1 is 1.19 bits per heavy atom. The van der Waals surface area contributed by atoms with E-state index in [0.717, 1.165) is 18.9 Å². The molecule has 0 aliphatic heterocycles. The molecule has 0 radical (unpaired) electrons. The van der Waals surface area contributed by atoms with Crippen molar-refractivity contribution < 1.29 is 25.1 Å². The highest BCUT2D eigenvalue weighted by molar-refractivity contribution is 7.80. The van der Waals surface area contributed by atoms with E-state index in [0.29, 0.717) is 5.46 Å². The number of carboxylic acids is 1. The van der Waals surface area contributed by atoms with E-state index in [1.165, 1.54) is 0 Å². The van der Waals surface area contributed by atoms with Crippen LogP contribution in [0.3, 0.4) is 0 Å². The van der Waals surface area contributed by atoms with Gasteiger partial charge in [0.05, 0.1) is 0 Å². The molecule has 1 rings (SSSR count). The van der Waals surface area contributed by atoms with Crippen molar-refractivity contribution in [1.29, 1.82) is 0 Å². The smallest absolute Gasteiger partial charge is 0.481 e. The van der Waals surface area contributed by atoms with Gasteiger partial charge in [-0.3, -0.25) is 4.79 Å². The van der Waals surface area contributed by atoms with E-state index in [1.54, 1.807) is 24.3 Å². The molecule has 0 unspecified atom stereocenters. The van der Waals surface area contributed by atoms with Crippen LogP contribution in [0.15, 0.2) is 29.2 Å². The minimum atomic E-state index is -1.38. The fraction of sp³-hybridized carbons (Fsp3) is 0.222. The lowest BCUT2D eigenvalue weighted by atomic mass is 9.81. The highest BCUT2D eigenvalue weighted by atomic mass is 32.1. The third-order valence-corrected chi connectivity index (χ3v) is 1.49. The molecule has 0 heterocycles. The lowest BCUT2D eigenvalue weighted by Gasteiger charge is -1.97. The number of hydrogen-bond donors (Lipinski definition) is 5. The molecule has 5 nitrogen and oxygen atoms in total. The van der Waals surface area contributed by atoms with Gasteiger partial charge >= 0.3 is 7.12 Å². The van der Waals surface area contributed by atoms with E-state index in [1.807, 2.05) is 0 Å². The Bertz CT molecular complexity index is 284. The number of hydrogen-bond acceptors (Lipinski definition) is 5. The van der Waals surface area contributed by atoms with Crippen LogP contribution in [0, 0.1) is 0 Å². The summed E-state index contributed by atoms with van der Waals surface area (Å²) in [5.41, 5.74) is 0.484. The van der Waals surface area contributed by atoms with Crippen molar-refractivity contribution in [3.05, 3.63) is 24.3 Å². The molecule has 0 fully saturated rings. The SMILES string of the molecule is CC(=O)O.CO.OB(O)c1ccc(S)cc1. The zero-order chi connectivity index (χ0) is 13.1. The van der Waals surface area contributed by atoms with Crippen molar-refractivity contribution in [2.75, 3.05) is 7.11 Å². The first kappa shape index (κ1) is 17.4. The summed E-state index contributed by atoms with van der Waals surface area (Å²) in [5, 5.41) is 31.7. The fourth-order valence-corrected chi connectivity index (χ4v) is 0.796. The minimum absolute atomic E-state index is 0.484. The van der Waals surface area contributed by atoms with E-state index in [9.17, 15) is 0 Å². The van der Waals surface area contributed by atoms with Gasteiger partial charge in [0.15, 0.2) is 0 Å². The molecule has 0 atom stereocenters. The van der Waals surface area contributed by atoms with Gasteiger partial charge in [0, 0.05) is 18.9 Å². The molecule has 0 aliphatic carbocycles. The topological polar surface area (TPSA) is 98.0 Å². The molecule has 0 saturated carbocycles. The summed E-state index contributed by atoms with van der Waals surface area (Å²) < 4.78 is 0. The van der Waals surface area contributed by atoms with Crippen molar-refractivity contribution in [1.82, 2.24) is 0 Å². The van der Waals surface area contributed by atoms with Crippen molar-refractivity contribution in [2.45, 2.75) is 11.8 Å². The summed E-state index contributed by atoms with van der Waals surface area (Å²) in [5.74, 6) is -0.833. The number of benzene rings is 1. The van der Waals surface area contributed by atoms with Gasteiger partial charge in [-0.25, -0.2) is 0 Å². The molecule has 0 aliphatic rings. The van der Waals surface area contributed by atoms with Crippen molar-refractivity contribution in [2.24, 2.45) is 0 Å². The molecule has 1 aromatic rings. The van der Waals surface area contributed by atoms with Crippen molar-refractivity contribution in [3.63, 3.8) is 0 Å². The van der Waals surface area contributed by atoms with E-state index < -0.39 is 13.1 Å². The average Bonchev–Trinajstić information content (AvgIpc) is 2.20. The first-order valence-corrected chi connectivity index (χ1v) is 4.67. The maximum atomic E-state index is 9.00. The first-order chi connectivity index (χ1) is 7.43. The monoisotopic (exact) mass is 246 g/mol. The van der Waals surface area contributed by atoms with Crippen LogP contribution in [0.5, 0.6) is 0 Å². The van der Waals surface area contributed by atoms with Crippen LogP contribution in [0.25, 0.3) is 0 Å². The van der Waals surface area contributed by atoms with E-state index in [2.05, 4.69) is 12.6 Å². The van der Waals surface area contributed by atoms with Crippen LogP contribution < -0.4 is 5.46 Å². The summed E-state index contributed by atoms with van der Waals surface area (Å²) in [6.07, 6.45) is 0. The summed E-state index contributed by atoms with van der Waals surface area (Å²) in [6, 6.07) is 6.65. The molecular weight excluding hydrogens is 231 g/mol. The Labute approximate surface area is 99.9 Å². The minimum Gasteiger partial charge on any atom is -0.481 e. The number of aliphatic hydroxyl groups excluding tert-OH is 1. The van der Waals surface area contributed by atoms with Crippen LogP contribution in [-0.4, -0.2) is 40.5 Å². The molecule has 0 bridgehead atoms. The Morgan fingerprint density at radius 2 is 1.50 bits per heavy atom. The molecule has 90 valence electrons. The van der Waals surface area contributed by atoms with E-state index in [-0.39, 0.29) is 0 Å². The Balaban J connectivity index is 0. The molecule has 0 saturated heterocycles. The molecule has 1 aromatic carbocycles. The van der Waals surface area contributed by atoms with Gasteiger partial charge in [-0.05, 0) is 17.6 Å². The number of carbonyl (C=O) groups is 1.